The Labute approximate surface area is 113 Å². The third-order valence-corrected chi connectivity index (χ3v) is 3.21. The zero-order valence-corrected chi connectivity index (χ0v) is 11.3. The maximum absolute atomic E-state index is 11.6. The Morgan fingerprint density at radius 1 is 1.42 bits per heavy atom. The van der Waals surface area contributed by atoms with Crippen molar-refractivity contribution in [2.24, 2.45) is 0 Å². The van der Waals surface area contributed by atoms with Gasteiger partial charge in [0, 0.05) is 12.8 Å². The van der Waals surface area contributed by atoms with Crippen LogP contribution < -0.4 is 4.74 Å². The van der Waals surface area contributed by atoms with Crippen LogP contribution in [0.4, 0.5) is 0 Å². The molecule has 0 fully saturated rings. The number of allylic oxidation sites excluding steroid dienone is 1. The summed E-state index contributed by atoms with van der Waals surface area (Å²) in [7, 11) is 0. The fraction of sp³-hybridized carbons (Fsp3) is 0.438. The van der Waals surface area contributed by atoms with Crippen molar-refractivity contribution in [3.8, 4) is 5.75 Å². The normalized spacial score (nSPS) is 18.5. The van der Waals surface area contributed by atoms with Crippen LogP contribution in [0.15, 0.2) is 35.9 Å². The minimum Gasteiger partial charge on any atom is -0.494 e. The first-order chi connectivity index (χ1) is 9.19. The summed E-state index contributed by atoms with van der Waals surface area (Å²) in [6.07, 6.45) is 4.00. The van der Waals surface area contributed by atoms with Crippen LogP contribution in [-0.2, 0) is 11.2 Å². The molecule has 0 bridgehead atoms. The number of hydrogen-bond acceptors (Lipinski definition) is 3. The summed E-state index contributed by atoms with van der Waals surface area (Å²) in [5, 5.41) is 9.42. The Morgan fingerprint density at radius 3 is 2.95 bits per heavy atom. The zero-order chi connectivity index (χ0) is 13.7. The maximum atomic E-state index is 11.6. The average molecular weight is 260 g/mol. The van der Waals surface area contributed by atoms with Gasteiger partial charge < -0.3 is 9.84 Å². The Bertz CT molecular complexity index is 477. The first-order valence-electron chi connectivity index (χ1n) is 6.82. The second-order valence-electron chi connectivity index (χ2n) is 4.91. The topological polar surface area (TPSA) is 46.5 Å². The van der Waals surface area contributed by atoms with Gasteiger partial charge in [0.2, 0.25) is 0 Å². The SMILES string of the molecule is CCCCOc1cccc(CC2=C[C@H](O)CC2=O)c1. The van der Waals surface area contributed by atoms with Crippen molar-refractivity contribution < 1.29 is 14.6 Å². The number of unbranched alkanes of at least 4 members (excludes halogenated alkanes) is 1. The molecule has 1 aromatic rings. The van der Waals surface area contributed by atoms with Crippen LogP contribution in [0, 0.1) is 0 Å². The largest absolute Gasteiger partial charge is 0.494 e. The lowest BCUT2D eigenvalue weighted by Gasteiger charge is -2.07. The van der Waals surface area contributed by atoms with Gasteiger partial charge in [-0.25, -0.2) is 0 Å². The monoisotopic (exact) mass is 260 g/mol. The van der Waals surface area contributed by atoms with E-state index in [9.17, 15) is 9.90 Å². The van der Waals surface area contributed by atoms with Crippen molar-refractivity contribution in [1.29, 1.82) is 0 Å². The Balaban J connectivity index is 1.99. The minimum absolute atomic E-state index is 0.0461. The van der Waals surface area contributed by atoms with Gasteiger partial charge in [0.15, 0.2) is 5.78 Å². The lowest BCUT2D eigenvalue weighted by molar-refractivity contribution is -0.115. The van der Waals surface area contributed by atoms with E-state index in [1.54, 1.807) is 6.08 Å². The lowest BCUT2D eigenvalue weighted by Crippen LogP contribution is -2.03. The van der Waals surface area contributed by atoms with E-state index >= 15 is 0 Å². The van der Waals surface area contributed by atoms with E-state index in [0.717, 1.165) is 30.8 Å². The van der Waals surface area contributed by atoms with Gasteiger partial charge in [-0.1, -0.05) is 25.5 Å². The fourth-order valence-electron chi connectivity index (χ4n) is 2.16. The number of carbonyl (C=O) groups excluding carboxylic acids is 1. The molecule has 1 N–H and O–H groups in total. The molecule has 102 valence electrons. The summed E-state index contributed by atoms with van der Waals surface area (Å²) in [5.74, 6) is 0.891. The van der Waals surface area contributed by atoms with Crippen LogP contribution in [-0.4, -0.2) is 23.6 Å². The van der Waals surface area contributed by atoms with Gasteiger partial charge >= 0.3 is 0 Å². The first kappa shape index (κ1) is 13.8. The molecular weight excluding hydrogens is 240 g/mol. The van der Waals surface area contributed by atoms with Gasteiger partial charge in [-0.15, -0.1) is 0 Å². The third-order valence-electron chi connectivity index (χ3n) is 3.21. The highest BCUT2D eigenvalue weighted by molar-refractivity contribution is 5.98. The smallest absolute Gasteiger partial charge is 0.161 e. The third kappa shape index (κ3) is 3.93. The van der Waals surface area contributed by atoms with Crippen LogP contribution in [0.2, 0.25) is 0 Å². The second kappa shape index (κ2) is 6.53. The van der Waals surface area contributed by atoms with Gasteiger partial charge in [-0.2, -0.15) is 0 Å². The van der Waals surface area contributed by atoms with Crippen molar-refractivity contribution in [3.05, 3.63) is 41.5 Å². The molecule has 0 amide bonds. The number of aliphatic hydroxyl groups excluding tert-OH is 1. The van der Waals surface area contributed by atoms with E-state index < -0.39 is 6.10 Å². The van der Waals surface area contributed by atoms with Crippen LogP contribution in [0.5, 0.6) is 5.75 Å². The minimum atomic E-state index is -0.605. The van der Waals surface area contributed by atoms with Crippen LogP contribution >= 0.6 is 0 Å². The Kier molecular flexibility index (Phi) is 4.74. The number of benzene rings is 1. The molecule has 1 aliphatic rings. The Hall–Kier alpha value is -1.61. The van der Waals surface area contributed by atoms with Crippen LogP contribution in [0.3, 0.4) is 0 Å². The highest BCUT2D eigenvalue weighted by Gasteiger charge is 2.21. The van der Waals surface area contributed by atoms with E-state index in [2.05, 4.69) is 6.92 Å². The van der Waals surface area contributed by atoms with Gasteiger partial charge in [-0.3, -0.25) is 4.79 Å². The molecule has 1 atom stereocenters. The van der Waals surface area contributed by atoms with E-state index in [4.69, 9.17) is 4.74 Å². The molecule has 0 saturated carbocycles. The lowest BCUT2D eigenvalue weighted by atomic mass is 10.0. The number of rotatable bonds is 6. The Morgan fingerprint density at radius 2 is 2.26 bits per heavy atom. The summed E-state index contributed by atoms with van der Waals surface area (Å²) >= 11 is 0. The van der Waals surface area contributed by atoms with Gasteiger partial charge in [0.25, 0.3) is 0 Å². The van der Waals surface area contributed by atoms with Crippen molar-refractivity contribution in [1.82, 2.24) is 0 Å². The van der Waals surface area contributed by atoms with Crippen LogP contribution in [0.25, 0.3) is 0 Å². The highest BCUT2D eigenvalue weighted by Crippen LogP contribution is 2.21. The van der Waals surface area contributed by atoms with Crippen molar-refractivity contribution in [3.63, 3.8) is 0 Å². The number of Topliss-reactive ketones (excluding diaryl/α,β-unsaturated/α-hetero) is 1. The standard InChI is InChI=1S/C16H20O3/c1-2-3-7-19-15-6-4-5-12(9-15)8-13-10-14(17)11-16(13)18/h4-6,9-10,14,17H,2-3,7-8,11H2,1H3/t14-/m0/s1. The molecule has 1 aromatic carbocycles. The maximum Gasteiger partial charge on any atom is 0.161 e. The number of ether oxygens (including phenoxy) is 1. The van der Waals surface area contributed by atoms with Gasteiger partial charge in [0.1, 0.15) is 5.75 Å². The molecule has 0 aliphatic heterocycles. The molecule has 0 unspecified atom stereocenters. The van der Waals surface area contributed by atoms with E-state index in [1.165, 1.54) is 0 Å². The number of hydrogen-bond donors (Lipinski definition) is 1. The molecule has 3 heteroatoms. The molecule has 1 aliphatic carbocycles. The molecule has 3 nitrogen and oxygen atoms in total. The highest BCUT2D eigenvalue weighted by atomic mass is 16.5. The molecule has 19 heavy (non-hydrogen) atoms. The molecule has 0 radical (unpaired) electrons. The molecule has 2 rings (SSSR count). The van der Waals surface area contributed by atoms with E-state index in [0.29, 0.717) is 12.0 Å². The summed E-state index contributed by atoms with van der Waals surface area (Å²) in [5.41, 5.74) is 1.75. The summed E-state index contributed by atoms with van der Waals surface area (Å²) < 4.78 is 5.65. The van der Waals surface area contributed by atoms with Crippen LogP contribution in [0.1, 0.15) is 31.7 Å². The van der Waals surface area contributed by atoms with E-state index in [-0.39, 0.29) is 12.2 Å². The van der Waals surface area contributed by atoms with E-state index in [1.807, 2.05) is 24.3 Å². The van der Waals surface area contributed by atoms with Crippen molar-refractivity contribution in [2.75, 3.05) is 6.61 Å². The predicted octanol–water partition coefficient (Wildman–Crippen LogP) is 2.67. The van der Waals surface area contributed by atoms with Crippen molar-refractivity contribution in [2.45, 2.75) is 38.7 Å². The molecular formula is C16H20O3. The molecule has 0 aromatic heterocycles. The summed E-state index contributed by atoms with van der Waals surface area (Å²) in [4.78, 5) is 11.6. The first-order valence-corrected chi connectivity index (χ1v) is 6.82. The average Bonchev–Trinajstić information content (AvgIpc) is 2.69. The zero-order valence-electron chi connectivity index (χ0n) is 11.3. The molecule has 0 spiro atoms. The summed E-state index contributed by atoms with van der Waals surface area (Å²) in [6.45, 7) is 2.85. The fourth-order valence-corrected chi connectivity index (χ4v) is 2.16. The number of aliphatic hydroxyl groups is 1. The number of carbonyl (C=O) groups is 1. The predicted molar refractivity (Wildman–Crippen MR) is 74.3 cm³/mol. The van der Waals surface area contributed by atoms with Crippen molar-refractivity contribution >= 4 is 5.78 Å². The quantitative estimate of drug-likeness (QED) is 0.800. The summed E-state index contributed by atoms with van der Waals surface area (Å²) in [6, 6.07) is 7.81. The van der Waals surface area contributed by atoms with Gasteiger partial charge in [0.05, 0.1) is 12.7 Å². The molecule has 0 saturated heterocycles. The number of ketones is 1. The molecule has 0 heterocycles. The van der Waals surface area contributed by atoms with Gasteiger partial charge in [-0.05, 0) is 35.8 Å². The second-order valence-corrected chi connectivity index (χ2v) is 4.91.